The molecule has 8 nitrogen and oxygen atoms in total. The van der Waals surface area contributed by atoms with Crippen LogP contribution in [0.5, 0.6) is 0 Å². The Hall–Kier alpha value is -2.28. The summed E-state index contributed by atoms with van der Waals surface area (Å²) in [6, 6.07) is 13.6. The first-order chi connectivity index (χ1) is 24.0. The number of halogens is 9. The van der Waals surface area contributed by atoms with Gasteiger partial charge in [-0.15, -0.1) is 0 Å². The Morgan fingerprint density at radius 3 is 1.06 bits per heavy atom. The topological polar surface area (TPSA) is 84.0 Å². The van der Waals surface area contributed by atoms with Crippen molar-refractivity contribution in [3.8, 4) is 0 Å². The molecule has 4 aliphatic rings. The third-order valence-electron chi connectivity index (χ3n) is 8.80. The number of aromatic nitrogens is 2. The van der Waals surface area contributed by atoms with E-state index in [2.05, 4.69) is 0 Å². The molecule has 6 aromatic rings. The molecule has 242 valence electrons. The Labute approximate surface area is 332 Å². The minimum atomic E-state index is -4.15. The van der Waals surface area contributed by atoms with Crippen LogP contribution in [0.3, 0.4) is 0 Å². The molecule has 0 spiro atoms. The van der Waals surface area contributed by atoms with Gasteiger partial charge in [-0.3, -0.25) is 0 Å². The Bertz CT molecular complexity index is 2750. The van der Waals surface area contributed by atoms with Gasteiger partial charge in [-0.1, -0.05) is 0 Å². The number of hydrogen-bond acceptors (Lipinski definition) is 6. The zero-order valence-corrected chi connectivity index (χ0v) is 34.3. The number of amidine groups is 4. The van der Waals surface area contributed by atoms with Crippen molar-refractivity contribution in [3.63, 3.8) is 0 Å². The fraction of sp³-hybridized carbons (Fsp3) is 0. The van der Waals surface area contributed by atoms with Gasteiger partial charge in [0, 0.05) is 0 Å². The second kappa shape index (κ2) is 11.4. The number of benzene rings is 4. The first kappa shape index (κ1) is 32.4. The van der Waals surface area contributed by atoms with Gasteiger partial charge in [-0.05, 0) is 0 Å². The predicted molar refractivity (Wildman–Crippen MR) is 207 cm³/mol. The molecule has 6 bridgehead atoms. The van der Waals surface area contributed by atoms with Crippen LogP contribution in [0.1, 0.15) is 22.3 Å². The standard InChI is InChI=1S/C32H8Cl8N8.ClH.In/c33-13-1-2-14(34)22-21(13)29-43-25-9-5-17(37)18(38)6-10(9)27(41-25)45-31-23-15(35)3-4-16(36)24(23)32(48-31)46-28-12-8-20(40)19(39)7-11(12)26(42-28)44-30(22)47-29;;/h1-8H;1H;/q-2;;+3/p-1. The van der Waals surface area contributed by atoms with Crippen molar-refractivity contribution in [2.45, 2.75) is 0 Å². The molecule has 4 aromatic carbocycles. The van der Waals surface area contributed by atoms with Gasteiger partial charge in [0.2, 0.25) is 0 Å². The van der Waals surface area contributed by atoms with E-state index in [0.29, 0.717) is 107 Å². The number of rotatable bonds is 0. The molecule has 0 saturated heterocycles. The van der Waals surface area contributed by atoms with E-state index in [1.807, 2.05) is 5.11 Å². The monoisotopic (exact) mass is 934 g/mol. The molecule has 4 aliphatic heterocycles. The molecule has 50 heavy (non-hydrogen) atoms. The molecule has 0 saturated carbocycles. The van der Waals surface area contributed by atoms with Crippen molar-refractivity contribution in [2.24, 2.45) is 30.0 Å². The maximum atomic E-state index is 7.87. The Morgan fingerprint density at radius 1 is 0.380 bits per heavy atom. The van der Waals surface area contributed by atoms with Crippen molar-refractivity contribution in [3.05, 3.63) is 122 Å². The second-order valence-corrected chi connectivity index (χ2v) is 22.1. The molecule has 0 unspecified atom stereocenters. The average molecular weight is 938 g/mol. The number of nitrogens with zero attached hydrogens (tertiary/aromatic N) is 8. The van der Waals surface area contributed by atoms with Crippen LogP contribution in [0, 0.1) is 0 Å². The van der Waals surface area contributed by atoms with Crippen LogP contribution in [0.15, 0.2) is 78.5 Å². The summed E-state index contributed by atoms with van der Waals surface area (Å²) in [5, 5.41) is 5.16. The van der Waals surface area contributed by atoms with Gasteiger partial charge in [-0.25, -0.2) is 0 Å². The third-order valence-corrected chi connectivity index (χ3v) is 19.3. The predicted octanol–water partition coefficient (Wildman–Crippen LogP) is 10.4. The maximum absolute atomic E-state index is 7.87. The Balaban J connectivity index is 1.52. The van der Waals surface area contributed by atoms with Crippen LogP contribution >= 0.6 is 101 Å². The summed E-state index contributed by atoms with van der Waals surface area (Å²) in [6.45, 7) is 0. The summed E-state index contributed by atoms with van der Waals surface area (Å²) >= 11 is 49.8. The summed E-state index contributed by atoms with van der Waals surface area (Å²) < 4.78 is 3.82. The SMILES string of the molecule is Clc1cc2c3[n]4c(c2cc1Cl)N=C1N=C(N=c2c5cc(Cl)c(Cl)cc5c([n]2[In]4[Cl])=NC2=NC(=N3)c3c(Cl)ccc(Cl)c32)c2c(Cl)ccc(Cl)c21. The van der Waals surface area contributed by atoms with Crippen molar-refractivity contribution >= 4 is 179 Å². The summed E-state index contributed by atoms with van der Waals surface area (Å²) in [6.07, 6.45) is 0. The molecule has 6 heterocycles. The molecule has 0 atom stereocenters. The van der Waals surface area contributed by atoms with Crippen LogP contribution in [0.25, 0.3) is 21.5 Å². The molecule has 18 heteroatoms. The Morgan fingerprint density at radius 2 is 0.700 bits per heavy atom. The first-order valence-corrected chi connectivity index (χ1v) is 24.6. The summed E-state index contributed by atoms with van der Waals surface area (Å²) in [7, 11) is 7.87. The molecule has 10 rings (SSSR count). The normalized spacial score (nSPS) is 15.3. The molecule has 0 amide bonds. The quantitative estimate of drug-likeness (QED) is 0.145. The molecule has 2 aromatic heterocycles. The van der Waals surface area contributed by atoms with E-state index in [1.54, 1.807) is 48.5 Å². The van der Waals surface area contributed by atoms with Crippen molar-refractivity contribution in [1.29, 1.82) is 0 Å². The Kier molecular flexibility index (Phi) is 7.36. The molecular formula is C32H8Cl9InN8. The number of aliphatic imine (C=N–C) groups is 4. The molecule has 0 N–H and O–H groups in total. The fourth-order valence-corrected chi connectivity index (χ4v) is 16.0. The second-order valence-electron chi connectivity index (χ2n) is 11.5. The van der Waals surface area contributed by atoms with E-state index >= 15 is 0 Å². The van der Waals surface area contributed by atoms with Crippen LogP contribution < -0.4 is 11.0 Å². The zero-order chi connectivity index (χ0) is 34.5. The molecule has 0 radical (unpaired) electrons. The molecule has 0 aliphatic carbocycles. The van der Waals surface area contributed by atoms with Crippen molar-refractivity contribution < 1.29 is 0 Å². The van der Waals surface area contributed by atoms with Gasteiger partial charge in [-0.2, -0.15) is 0 Å². The van der Waals surface area contributed by atoms with Crippen LogP contribution in [0.4, 0.5) is 11.6 Å². The first-order valence-electron chi connectivity index (χ1n) is 14.5. The average Bonchev–Trinajstić information content (AvgIpc) is 3.78. The van der Waals surface area contributed by atoms with Gasteiger partial charge >= 0.3 is 336 Å². The van der Waals surface area contributed by atoms with Gasteiger partial charge in [0.25, 0.3) is 0 Å². The van der Waals surface area contributed by atoms with Gasteiger partial charge in [0.1, 0.15) is 0 Å². The van der Waals surface area contributed by atoms with E-state index in [-0.39, 0.29) is 23.3 Å². The van der Waals surface area contributed by atoms with E-state index in [0.717, 1.165) is 0 Å². The summed E-state index contributed by atoms with van der Waals surface area (Å²) in [5.74, 6) is 1.94. The van der Waals surface area contributed by atoms with Crippen molar-refractivity contribution in [1.82, 2.24) is 5.11 Å². The molecular weight excluding hydrogens is 930 g/mol. The minimum absolute atomic E-state index is 0.274. The summed E-state index contributed by atoms with van der Waals surface area (Å²) in [4.78, 5) is 30.4. The van der Waals surface area contributed by atoms with E-state index in [9.17, 15) is 0 Å². The number of fused-ring (bicyclic) bond motifs is 14. The van der Waals surface area contributed by atoms with Gasteiger partial charge < -0.3 is 0 Å². The third kappa shape index (κ3) is 4.43. The van der Waals surface area contributed by atoms with Crippen molar-refractivity contribution in [2.75, 3.05) is 0 Å². The number of hydrogen-bond donors (Lipinski definition) is 0. The van der Waals surface area contributed by atoms with Crippen LogP contribution in [-0.4, -0.2) is 49.3 Å². The van der Waals surface area contributed by atoms with E-state index in [1.165, 1.54) is 0 Å². The van der Waals surface area contributed by atoms with E-state index < -0.39 is 20.8 Å². The zero-order valence-electron chi connectivity index (χ0n) is 24.2. The summed E-state index contributed by atoms with van der Waals surface area (Å²) in [5.41, 5.74) is 2.87. The van der Waals surface area contributed by atoms with Gasteiger partial charge in [0.05, 0.1) is 0 Å². The van der Waals surface area contributed by atoms with Gasteiger partial charge in [0.15, 0.2) is 0 Å². The van der Waals surface area contributed by atoms with Crippen LogP contribution in [0.2, 0.25) is 40.2 Å². The van der Waals surface area contributed by atoms with Crippen LogP contribution in [-0.2, 0) is 0 Å². The molecule has 0 fully saturated rings. The fourth-order valence-electron chi connectivity index (χ4n) is 6.66. The van der Waals surface area contributed by atoms with E-state index in [4.69, 9.17) is 131 Å².